The maximum atomic E-state index is 6.83. The fraction of sp³-hybridized carbons (Fsp3) is 0.297. The standard InChI is InChI=1S/C37H44N2O2/c1-6-7-8-9-20-32(40-5)27-31(4)41-37(39-26-17-15-24-36(39)34-22-13-11-19-30(34)3)28-38-25-16-14-23-35(38)33-21-12-10-18-29(33)2/h6,10-19,21-26,28,31-32H,1,7-9,20,27H2,2-5H3/q+2. The molecule has 0 radical (unpaired) electrons. The van der Waals surface area contributed by atoms with Crippen molar-refractivity contribution in [3.8, 4) is 22.5 Å². The average molecular weight is 549 g/mol. The van der Waals surface area contributed by atoms with Gasteiger partial charge >= 0.3 is 5.88 Å². The van der Waals surface area contributed by atoms with Crippen molar-refractivity contribution in [1.29, 1.82) is 0 Å². The third-order valence-electron chi connectivity index (χ3n) is 7.51. The number of hydrogen-bond donors (Lipinski definition) is 0. The molecule has 0 saturated carbocycles. The molecule has 0 spiro atoms. The molecule has 0 amide bonds. The van der Waals surface area contributed by atoms with E-state index in [-0.39, 0.29) is 12.2 Å². The molecule has 4 aromatic rings. The third kappa shape index (κ3) is 8.02. The zero-order chi connectivity index (χ0) is 29.0. The van der Waals surface area contributed by atoms with E-state index in [1.165, 1.54) is 22.3 Å². The summed E-state index contributed by atoms with van der Waals surface area (Å²) in [7, 11) is 1.80. The van der Waals surface area contributed by atoms with E-state index in [1.807, 2.05) is 6.08 Å². The van der Waals surface area contributed by atoms with E-state index < -0.39 is 0 Å². The molecule has 0 fully saturated rings. The number of methoxy groups -OCH3 is 1. The first kappa shape index (κ1) is 30.0. The van der Waals surface area contributed by atoms with Crippen molar-refractivity contribution in [1.82, 2.24) is 0 Å². The number of nitrogens with zero attached hydrogens (tertiary/aromatic N) is 2. The minimum absolute atomic E-state index is 0.0609. The van der Waals surface area contributed by atoms with Crippen molar-refractivity contribution in [3.05, 3.63) is 121 Å². The van der Waals surface area contributed by atoms with E-state index in [1.54, 1.807) is 7.11 Å². The lowest BCUT2D eigenvalue weighted by Gasteiger charge is -2.20. The minimum atomic E-state index is -0.0609. The van der Waals surface area contributed by atoms with Crippen molar-refractivity contribution in [3.63, 3.8) is 0 Å². The summed E-state index contributed by atoms with van der Waals surface area (Å²) in [6.45, 7) is 10.3. The van der Waals surface area contributed by atoms with E-state index in [0.29, 0.717) is 0 Å². The van der Waals surface area contributed by atoms with Gasteiger partial charge in [0.05, 0.1) is 6.10 Å². The Labute approximate surface area is 246 Å². The van der Waals surface area contributed by atoms with Gasteiger partial charge in [0.1, 0.15) is 6.10 Å². The number of hydrogen-bond acceptors (Lipinski definition) is 2. The Balaban J connectivity index is 1.76. The van der Waals surface area contributed by atoms with Crippen LogP contribution >= 0.6 is 0 Å². The van der Waals surface area contributed by atoms with Crippen LogP contribution in [0.25, 0.3) is 34.6 Å². The Morgan fingerprint density at radius 2 is 1.41 bits per heavy atom. The molecule has 0 aliphatic heterocycles. The van der Waals surface area contributed by atoms with Crippen molar-refractivity contribution in [2.75, 3.05) is 7.11 Å². The van der Waals surface area contributed by atoms with Crippen LogP contribution in [0.3, 0.4) is 0 Å². The fourth-order valence-electron chi connectivity index (χ4n) is 5.26. The van der Waals surface area contributed by atoms with Gasteiger partial charge in [-0.1, -0.05) is 48.9 Å². The van der Waals surface area contributed by atoms with E-state index in [0.717, 1.165) is 49.4 Å². The number of pyridine rings is 2. The maximum absolute atomic E-state index is 6.83. The van der Waals surface area contributed by atoms with Gasteiger partial charge in [-0.2, -0.15) is 4.57 Å². The second-order valence-corrected chi connectivity index (χ2v) is 10.6. The van der Waals surface area contributed by atoms with Gasteiger partial charge in [0, 0.05) is 48.9 Å². The Hall–Kier alpha value is -4.02. The lowest BCUT2D eigenvalue weighted by atomic mass is 10.0. The van der Waals surface area contributed by atoms with E-state index >= 15 is 0 Å². The predicted octanol–water partition coefficient (Wildman–Crippen LogP) is 8.18. The van der Waals surface area contributed by atoms with Gasteiger partial charge in [-0.3, -0.25) is 0 Å². The molecule has 0 saturated heterocycles. The highest BCUT2D eigenvalue weighted by Crippen LogP contribution is 2.23. The van der Waals surface area contributed by atoms with Crippen LogP contribution < -0.4 is 9.13 Å². The summed E-state index contributed by atoms with van der Waals surface area (Å²) < 4.78 is 17.0. The molecule has 2 unspecified atom stereocenters. The van der Waals surface area contributed by atoms with Crippen molar-refractivity contribution >= 4 is 12.1 Å². The first-order chi connectivity index (χ1) is 20.0. The van der Waals surface area contributed by atoms with Gasteiger partial charge in [-0.25, -0.2) is 0 Å². The summed E-state index contributed by atoms with van der Waals surface area (Å²) in [4.78, 5) is 0. The van der Waals surface area contributed by atoms with E-state index in [4.69, 9.17) is 9.47 Å². The Kier molecular flexibility index (Phi) is 11.0. The molecule has 4 rings (SSSR count). The molecule has 2 heterocycles. The molecule has 41 heavy (non-hydrogen) atoms. The zero-order valence-corrected chi connectivity index (χ0v) is 25.0. The number of aromatic nitrogens is 2. The molecule has 2 aromatic carbocycles. The van der Waals surface area contributed by atoms with Crippen LogP contribution in [0.5, 0.6) is 0 Å². The van der Waals surface area contributed by atoms with Gasteiger partial charge in [-0.05, 0) is 75.4 Å². The monoisotopic (exact) mass is 548 g/mol. The first-order valence-electron chi connectivity index (χ1n) is 14.7. The quantitative estimate of drug-likeness (QED) is 0.0687. The lowest BCUT2D eigenvalue weighted by Crippen LogP contribution is -2.41. The van der Waals surface area contributed by atoms with E-state index in [9.17, 15) is 0 Å². The highest BCUT2D eigenvalue weighted by molar-refractivity contribution is 5.63. The van der Waals surface area contributed by atoms with Crippen LogP contribution in [0.4, 0.5) is 0 Å². The number of rotatable bonds is 14. The van der Waals surface area contributed by atoms with Crippen molar-refractivity contribution < 1.29 is 18.6 Å². The van der Waals surface area contributed by atoms with Crippen LogP contribution in [0.1, 0.15) is 50.2 Å². The molecule has 0 N–H and O–H groups in total. The molecule has 0 bridgehead atoms. The van der Waals surface area contributed by atoms with Gasteiger partial charge in [-0.15, -0.1) is 11.1 Å². The molecule has 212 valence electrons. The summed E-state index contributed by atoms with van der Waals surface area (Å²) in [5, 5.41) is 0. The van der Waals surface area contributed by atoms with Crippen molar-refractivity contribution in [2.24, 2.45) is 0 Å². The molecular weight excluding hydrogens is 504 g/mol. The largest absolute Gasteiger partial charge is 0.440 e. The summed E-state index contributed by atoms with van der Waals surface area (Å²) in [5.41, 5.74) is 6.98. The van der Waals surface area contributed by atoms with Crippen LogP contribution in [-0.2, 0) is 9.47 Å². The number of aryl methyl sites for hydroxylation is 2. The summed E-state index contributed by atoms with van der Waals surface area (Å²) >= 11 is 0. The minimum Gasteiger partial charge on any atom is -0.436 e. The Bertz CT molecular complexity index is 1460. The second kappa shape index (κ2) is 15.1. The van der Waals surface area contributed by atoms with Crippen LogP contribution in [0, 0.1) is 13.8 Å². The third-order valence-corrected chi connectivity index (χ3v) is 7.51. The van der Waals surface area contributed by atoms with E-state index in [2.05, 4.69) is 140 Å². The molecule has 4 heteroatoms. The number of ether oxygens (including phenoxy) is 2. The van der Waals surface area contributed by atoms with Gasteiger partial charge in [0.25, 0.3) is 6.20 Å². The van der Waals surface area contributed by atoms with Crippen LogP contribution in [0.15, 0.2) is 110 Å². The smallest absolute Gasteiger partial charge is 0.436 e. The normalized spacial score (nSPS) is 13.0. The van der Waals surface area contributed by atoms with Crippen LogP contribution in [0.2, 0.25) is 0 Å². The highest BCUT2D eigenvalue weighted by atomic mass is 16.5. The van der Waals surface area contributed by atoms with Gasteiger partial charge in [0.2, 0.25) is 11.4 Å². The summed E-state index contributed by atoms with van der Waals surface area (Å²) in [5.74, 6) is 0.754. The predicted molar refractivity (Wildman–Crippen MR) is 169 cm³/mol. The zero-order valence-electron chi connectivity index (χ0n) is 25.0. The maximum Gasteiger partial charge on any atom is 0.440 e. The number of benzene rings is 2. The highest BCUT2D eigenvalue weighted by Gasteiger charge is 2.27. The second-order valence-electron chi connectivity index (χ2n) is 10.6. The average Bonchev–Trinajstić information content (AvgIpc) is 2.99. The summed E-state index contributed by atoms with van der Waals surface area (Å²) in [6.07, 6.45) is 13.4. The molecular formula is C37H44N2O2+2. The molecule has 0 aliphatic rings. The van der Waals surface area contributed by atoms with Gasteiger partial charge in [0.15, 0.2) is 12.4 Å². The lowest BCUT2D eigenvalue weighted by molar-refractivity contribution is -0.607. The number of allylic oxidation sites excluding steroid dienone is 1. The number of unbranched alkanes of at least 4 members (excludes halogenated alkanes) is 2. The first-order valence-corrected chi connectivity index (χ1v) is 14.7. The van der Waals surface area contributed by atoms with Crippen molar-refractivity contribution in [2.45, 2.75) is 65.1 Å². The topological polar surface area (TPSA) is 26.2 Å². The van der Waals surface area contributed by atoms with Crippen LogP contribution in [-0.4, -0.2) is 19.3 Å². The molecule has 4 nitrogen and oxygen atoms in total. The Morgan fingerprint density at radius 3 is 2.07 bits per heavy atom. The summed E-state index contributed by atoms with van der Waals surface area (Å²) in [6, 6.07) is 29.6. The van der Waals surface area contributed by atoms with Gasteiger partial charge < -0.3 is 9.47 Å². The fourth-order valence-corrected chi connectivity index (χ4v) is 5.26. The molecule has 0 aliphatic carbocycles. The molecule has 2 aromatic heterocycles. The Morgan fingerprint density at radius 1 is 0.805 bits per heavy atom. The SMILES string of the molecule is C=CCCCCC(CC(C)OC(=C[n+]1ccccc1-c1ccccc1C)[n+]1ccccc1-c1ccccc1C)OC. The molecule has 2 atom stereocenters.